The Morgan fingerprint density at radius 3 is 2.63 bits per heavy atom. The average Bonchev–Trinajstić information content (AvgIpc) is 3.51. The smallest absolute Gasteiger partial charge is 0.308 e. The molecule has 35 heavy (non-hydrogen) atoms. The van der Waals surface area contributed by atoms with Crippen LogP contribution in [0.25, 0.3) is 11.0 Å². The summed E-state index contributed by atoms with van der Waals surface area (Å²) in [6.07, 6.45) is 0.814. The van der Waals surface area contributed by atoms with Crippen LogP contribution in [0.3, 0.4) is 0 Å². The molecule has 2 aliphatic rings. The second-order valence-electron chi connectivity index (χ2n) is 9.72. The van der Waals surface area contributed by atoms with Crippen molar-refractivity contribution in [3.63, 3.8) is 0 Å². The van der Waals surface area contributed by atoms with Crippen LogP contribution < -0.4 is 5.32 Å². The molecule has 0 spiro atoms. The number of anilines is 1. The summed E-state index contributed by atoms with van der Waals surface area (Å²) in [4.78, 5) is 28.3. The van der Waals surface area contributed by atoms with Crippen molar-refractivity contribution in [1.29, 1.82) is 0 Å². The average molecular weight is 492 g/mol. The van der Waals surface area contributed by atoms with Gasteiger partial charge in [0.25, 0.3) is 0 Å². The Labute approximate surface area is 203 Å². The maximum atomic E-state index is 12.1. The highest BCUT2D eigenvalue weighted by Crippen LogP contribution is 2.34. The predicted molar refractivity (Wildman–Crippen MR) is 123 cm³/mol. The Morgan fingerprint density at radius 1 is 1.17 bits per heavy atom. The topological polar surface area (TPSA) is 158 Å². The molecule has 2 aromatic rings. The minimum absolute atomic E-state index is 0.127. The monoisotopic (exact) mass is 491 g/mol. The van der Waals surface area contributed by atoms with Crippen molar-refractivity contribution in [2.24, 2.45) is 11.8 Å². The van der Waals surface area contributed by atoms with E-state index in [2.05, 4.69) is 20.5 Å². The van der Waals surface area contributed by atoms with Gasteiger partial charge in [-0.15, -0.1) is 5.10 Å². The van der Waals surface area contributed by atoms with Crippen LogP contribution in [0, 0.1) is 11.8 Å². The highest BCUT2D eigenvalue weighted by Gasteiger charge is 2.45. The van der Waals surface area contributed by atoms with E-state index in [0.29, 0.717) is 16.9 Å². The van der Waals surface area contributed by atoms with E-state index in [9.17, 15) is 19.8 Å². The minimum Gasteiger partial charge on any atom is -0.463 e. The number of nitrogens with zero attached hydrogens (tertiary/aromatic N) is 4. The van der Waals surface area contributed by atoms with Crippen LogP contribution in [0.1, 0.15) is 53.2 Å². The van der Waals surface area contributed by atoms with Gasteiger partial charge in [0.15, 0.2) is 12.0 Å². The third kappa shape index (κ3) is 5.24. The standard InChI is InChI=1S/C23H33N5O7/c1-11(2)22(31)33-9-16-18(29)19(30)21(34-16)28-10-24-17-14(28)8-25-27-20(17)26-13-6-5-7-15(13)35-23(32)12(3)4/h8,10-13,15-16,18-19,21,29-30H,5-7,9H2,1-4H3,(H,26,27)/t13-,15-,16+,18+,19+,21+/m0/s1. The second-order valence-corrected chi connectivity index (χ2v) is 9.72. The Hall–Kier alpha value is -2.83. The summed E-state index contributed by atoms with van der Waals surface area (Å²) >= 11 is 0. The van der Waals surface area contributed by atoms with Crippen LogP contribution in [0.15, 0.2) is 12.5 Å². The maximum Gasteiger partial charge on any atom is 0.308 e. The van der Waals surface area contributed by atoms with Gasteiger partial charge < -0.3 is 29.7 Å². The van der Waals surface area contributed by atoms with Crippen molar-refractivity contribution in [3.8, 4) is 0 Å². The fraction of sp³-hybridized carbons (Fsp3) is 0.696. The first-order valence-corrected chi connectivity index (χ1v) is 12.0. The second kappa shape index (κ2) is 10.4. The number of aliphatic hydroxyl groups is 2. The lowest BCUT2D eigenvalue weighted by molar-refractivity contribution is -0.154. The highest BCUT2D eigenvalue weighted by atomic mass is 16.6. The van der Waals surface area contributed by atoms with Crippen LogP contribution >= 0.6 is 0 Å². The molecule has 0 unspecified atom stereocenters. The predicted octanol–water partition coefficient (Wildman–Crippen LogP) is 1.18. The fourth-order valence-corrected chi connectivity index (χ4v) is 4.29. The number of ether oxygens (including phenoxy) is 3. The molecular weight excluding hydrogens is 458 g/mol. The zero-order valence-corrected chi connectivity index (χ0v) is 20.3. The third-order valence-corrected chi connectivity index (χ3v) is 6.38. The van der Waals surface area contributed by atoms with E-state index in [1.165, 1.54) is 12.5 Å². The molecule has 0 amide bonds. The number of hydrogen-bond donors (Lipinski definition) is 3. The molecule has 1 aliphatic heterocycles. The van der Waals surface area contributed by atoms with Gasteiger partial charge in [-0.2, -0.15) is 5.10 Å². The van der Waals surface area contributed by atoms with Gasteiger partial charge in [-0.25, -0.2) is 4.98 Å². The quantitative estimate of drug-likeness (QED) is 0.455. The summed E-state index contributed by atoms with van der Waals surface area (Å²) < 4.78 is 18.2. The van der Waals surface area contributed by atoms with Gasteiger partial charge in [-0.1, -0.05) is 27.7 Å². The number of aliphatic hydroxyl groups excluding tert-OH is 2. The number of fused-ring (bicyclic) bond motifs is 1. The Bertz CT molecular complexity index is 1060. The van der Waals surface area contributed by atoms with Crippen molar-refractivity contribution in [2.75, 3.05) is 11.9 Å². The Balaban J connectivity index is 1.50. The summed E-state index contributed by atoms with van der Waals surface area (Å²) in [7, 11) is 0. The number of carbonyl (C=O) groups is 2. The van der Waals surface area contributed by atoms with Gasteiger partial charge >= 0.3 is 11.9 Å². The largest absolute Gasteiger partial charge is 0.463 e. The molecule has 2 fully saturated rings. The van der Waals surface area contributed by atoms with Crippen molar-refractivity contribution in [3.05, 3.63) is 12.5 Å². The van der Waals surface area contributed by atoms with E-state index in [1.807, 2.05) is 0 Å². The maximum absolute atomic E-state index is 12.1. The van der Waals surface area contributed by atoms with E-state index in [4.69, 9.17) is 14.2 Å². The first-order chi connectivity index (χ1) is 16.7. The zero-order chi connectivity index (χ0) is 25.3. The van der Waals surface area contributed by atoms with E-state index in [1.54, 1.807) is 32.3 Å². The molecule has 192 valence electrons. The molecule has 4 rings (SSSR count). The number of carbonyl (C=O) groups excluding carboxylic acids is 2. The molecule has 3 heterocycles. The molecule has 0 bridgehead atoms. The van der Waals surface area contributed by atoms with Gasteiger partial charge in [0.05, 0.1) is 35.9 Å². The number of esters is 2. The molecule has 12 heteroatoms. The minimum atomic E-state index is -1.27. The molecule has 0 aromatic carbocycles. The normalized spacial score (nSPS) is 28.7. The van der Waals surface area contributed by atoms with E-state index in [0.717, 1.165) is 19.3 Å². The number of aromatic nitrogens is 4. The highest BCUT2D eigenvalue weighted by molar-refractivity contribution is 5.85. The molecular formula is C23H33N5O7. The number of rotatable bonds is 8. The van der Waals surface area contributed by atoms with Crippen molar-refractivity contribution in [1.82, 2.24) is 19.7 Å². The summed E-state index contributed by atoms with van der Waals surface area (Å²) in [6, 6.07) is -0.127. The molecule has 1 saturated carbocycles. The molecule has 1 saturated heterocycles. The van der Waals surface area contributed by atoms with Crippen molar-refractivity contribution in [2.45, 2.75) is 83.6 Å². The lowest BCUT2D eigenvalue weighted by atomic mass is 10.1. The van der Waals surface area contributed by atoms with Gasteiger partial charge in [-0.05, 0) is 19.3 Å². The lowest BCUT2D eigenvalue weighted by Crippen LogP contribution is -2.34. The van der Waals surface area contributed by atoms with Crippen molar-refractivity contribution < 1.29 is 34.0 Å². The zero-order valence-electron chi connectivity index (χ0n) is 20.3. The molecule has 2 aromatic heterocycles. The summed E-state index contributed by atoms with van der Waals surface area (Å²) in [5.74, 6) is -0.751. The first kappa shape index (κ1) is 25.3. The van der Waals surface area contributed by atoms with E-state index < -0.39 is 30.5 Å². The van der Waals surface area contributed by atoms with Crippen LogP contribution in [-0.2, 0) is 23.8 Å². The van der Waals surface area contributed by atoms with Crippen molar-refractivity contribution >= 4 is 28.8 Å². The molecule has 3 N–H and O–H groups in total. The molecule has 6 atom stereocenters. The van der Waals surface area contributed by atoms with Crippen LogP contribution in [0.4, 0.5) is 5.82 Å². The number of hydrogen-bond acceptors (Lipinski definition) is 11. The van der Waals surface area contributed by atoms with Gasteiger partial charge in [0.2, 0.25) is 0 Å². The van der Waals surface area contributed by atoms with Gasteiger partial charge in [0, 0.05) is 0 Å². The Kier molecular flexibility index (Phi) is 7.53. The molecule has 12 nitrogen and oxygen atoms in total. The van der Waals surface area contributed by atoms with Gasteiger partial charge in [-0.3, -0.25) is 14.2 Å². The fourth-order valence-electron chi connectivity index (χ4n) is 4.29. The summed E-state index contributed by atoms with van der Waals surface area (Å²) in [5.41, 5.74) is 1.04. The third-order valence-electron chi connectivity index (χ3n) is 6.38. The lowest BCUT2D eigenvalue weighted by Gasteiger charge is -2.22. The Morgan fingerprint density at radius 2 is 1.91 bits per heavy atom. The molecule has 1 aliphatic carbocycles. The summed E-state index contributed by atoms with van der Waals surface area (Å²) in [6.45, 7) is 6.83. The van der Waals surface area contributed by atoms with Gasteiger partial charge in [0.1, 0.15) is 36.5 Å². The number of imidazole rings is 1. The SMILES string of the molecule is CC(C)C(=O)OC[C@H]1O[C@@H](n2cnc3c(N[C@H]4CCC[C@@H]4OC(=O)C(C)C)nncc32)[C@H](O)[C@@H]1O. The summed E-state index contributed by atoms with van der Waals surface area (Å²) in [5, 5.41) is 32.7. The van der Waals surface area contributed by atoms with E-state index in [-0.39, 0.29) is 36.6 Å². The van der Waals surface area contributed by atoms with Crippen LogP contribution in [0.5, 0.6) is 0 Å². The molecule has 0 radical (unpaired) electrons. The number of nitrogens with one attached hydrogen (secondary N) is 1. The van der Waals surface area contributed by atoms with E-state index >= 15 is 0 Å². The van der Waals surface area contributed by atoms with Crippen LogP contribution in [-0.4, -0.2) is 79.0 Å². The van der Waals surface area contributed by atoms with Crippen LogP contribution in [0.2, 0.25) is 0 Å². The first-order valence-electron chi connectivity index (χ1n) is 12.0.